The Morgan fingerprint density at radius 2 is 2.50 bits per heavy atom. The molecule has 0 spiro atoms. The lowest BCUT2D eigenvalue weighted by atomic mass is 10.3. The quantitative estimate of drug-likeness (QED) is 0.391. The number of hydrogen-bond donors (Lipinski definition) is 3. The molecule has 0 saturated carbocycles. The molecular formula is C3H5N7. The number of hydrazine groups is 1. The van der Waals surface area contributed by atoms with Gasteiger partial charge in [-0.05, 0) is 0 Å². The molecule has 2 aliphatic heterocycles. The van der Waals surface area contributed by atoms with Gasteiger partial charge < -0.3 is 0 Å². The van der Waals surface area contributed by atoms with E-state index in [-0.39, 0.29) is 6.17 Å². The van der Waals surface area contributed by atoms with Crippen molar-refractivity contribution in [1.29, 1.82) is 0 Å². The van der Waals surface area contributed by atoms with E-state index in [2.05, 4.69) is 37.0 Å². The highest BCUT2D eigenvalue weighted by Gasteiger charge is 2.19. The first kappa shape index (κ1) is 5.30. The van der Waals surface area contributed by atoms with Crippen LogP contribution in [0.4, 0.5) is 0 Å². The van der Waals surface area contributed by atoms with Crippen LogP contribution < -0.4 is 16.5 Å². The molecule has 2 heterocycles. The first-order chi connectivity index (χ1) is 4.97. The van der Waals surface area contributed by atoms with Gasteiger partial charge in [0, 0.05) is 0 Å². The van der Waals surface area contributed by atoms with E-state index in [1.165, 1.54) is 0 Å². The highest BCUT2D eigenvalue weighted by Crippen LogP contribution is 1.96. The molecule has 10 heavy (non-hydrogen) atoms. The Morgan fingerprint density at radius 1 is 1.50 bits per heavy atom. The fourth-order valence-corrected chi connectivity index (χ4v) is 0.685. The van der Waals surface area contributed by atoms with Gasteiger partial charge in [-0.25, -0.2) is 5.53 Å². The van der Waals surface area contributed by atoms with Crippen LogP contribution in [-0.2, 0) is 0 Å². The van der Waals surface area contributed by atoms with E-state index in [9.17, 15) is 0 Å². The number of fused-ring (bicyclic) bond motifs is 1. The largest absolute Gasteiger partial charge is 0.240 e. The van der Waals surface area contributed by atoms with Gasteiger partial charge in [-0.1, -0.05) is 5.22 Å². The third-order valence-electron chi connectivity index (χ3n) is 1.14. The molecule has 2 rings (SSSR count). The minimum Gasteiger partial charge on any atom is -0.240 e. The predicted octanol–water partition coefficient (Wildman–Crippen LogP) is -1.27. The summed E-state index contributed by atoms with van der Waals surface area (Å²) >= 11 is 0. The van der Waals surface area contributed by atoms with Crippen molar-refractivity contribution in [2.45, 2.75) is 6.17 Å². The van der Waals surface area contributed by atoms with E-state index in [4.69, 9.17) is 0 Å². The number of hydrogen-bond acceptors (Lipinski definition) is 7. The maximum Gasteiger partial charge on any atom is 0.186 e. The lowest BCUT2D eigenvalue weighted by molar-refractivity contribution is 0.544. The van der Waals surface area contributed by atoms with E-state index < -0.39 is 0 Å². The molecule has 0 bridgehead atoms. The van der Waals surface area contributed by atoms with Crippen molar-refractivity contribution in [2.24, 2.45) is 20.5 Å². The molecular weight excluding hydrogens is 134 g/mol. The minimum atomic E-state index is -0.209. The first-order valence-corrected chi connectivity index (χ1v) is 2.73. The molecule has 7 heteroatoms. The van der Waals surface area contributed by atoms with E-state index in [1.54, 1.807) is 6.21 Å². The average molecular weight is 139 g/mol. The number of nitrogens with zero attached hydrogens (tertiary/aromatic N) is 4. The second-order valence-corrected chi connectivity index (χ2v) is 1.77. The lowest BCUT2D eigenvalue weighted by Crippen LogP contribution is -2.32. The summed E-state index contributed by atoms with van der Waals surface area (Å²) in [5, 5.41) is 14.8. The summed E-state index contributed by atoms with van der Waals surface area (Å²) in [5.74, 6) is 0. The topological polar surface area (TPSA) is 85.5 Å². The third kappa shape index (κ3) is 0.722. The average Bonchev–Trinajstić information content (AvgIpc) is 2.28. The summed E-state index contributed by atoms with van der Waals surface area (Å²) in [6.07, 6.45) is 1.34. The van der Waals surface area contributed by atoms with Crippen LogP contribution in [0.15, 0.2) is 20.5 Å². The van der Waals surface area contributed by atoms with Crippen LogP contribution >= 0.6 is 0 Å². The third-order valence-corrected chi connectivity index (χ3v) is 1.14. The van der Waals surface area contributed by atoms with Crippen molar-refractivity contribution in [1.82, 2.24) is 16.5 Å². The molecule has 0 aromatic heterocycles. The fraction of sp³-hybridized carbons (Fsp3) is 0.333. The van der Waals surface area contributed by atoms with Crippen molar-refractivity contribution in [3.8, 4) is 0 Å². The van der Waals surface area contributed by atoms with Crippen molar-refractivity contribution in [3.05, 3.63) is 0 Å². The van der Waals surface area contributed by atoms with E-state index in [1.807, 2.05) is 0 Å². The molecule has 0 radical (unpaired) electrons. The van der Waals surface area contributed by atoms with Crippen molar-refractivity contribution in [2.75, 3.05) is 0 Å². The van der Waals surface area contributed by atoms with E-state index in [0.29, 0.717) is 5.71 Å². The van der Waals surface area contributed by atoms with Gasteiger partial charge in [0.2, 0.25) is 0 Å². The van der Waals surface area contributed by atoms with Crippen LogP contribution in [0, 0.1) is 0 Å². The van der Waals surface area contributed by atoms with Gasteiger partial charge in [0.25, 0.3) is 0 Å². The van der Waals surface area contributed by atoms with Crippen LogP contribution in [-0.4, -0.2) is 18.1 Å². The maximum absolute atomic E-state index is 3.83. The molecule has 0 amide bonds. The van der Waals surface area contributed by atoms with Crippen LogP contribution in [0.25, 0.3) is 0 Å². The van der Waals surface area contributed by atoms with Gasteiger partial charge in [0.15, 0.2) is 6.17 Å². The smallest absolute Gasteiger partial charge is 0.186 e. The minimum absolute atomic E-state index is 0.209. The molecule has 52 valence electrons. The predicted molar refractivity (Wildman–Crippen MR) is 34.0 cm³/mol. The summed E-state index contributed by atoms with van der Waals surface area (Å²) in [4.78, 5) is 0. The van der Waals surface area contributed by atoms with Crippen LogP contribution in [0.3, 0.4) is 0 Å². The monoisotopic (exact) mass is 139 g/mol. The molecule has 3 N–H and O–H groups in total. The Morgan fingerprint density at radius 3 is 3.50 bits per heavy atom. The highest BCUT2D eigenvalue weighted by atomic mass is 15.7. The lowest BCUT2D eigenvalue weighted by Gasteiger charge is -1.96. The SMILES string of the molecule is C1=NNN=NC2NNN=C12. The van der Waals surface area contributed by atoms with Gasteiger partial charge >= 0.3 is 0 Å². The Labute approximate surface area is 56.2 Å². The van der Waals surface area contributed by atoms with E-state index >= 15 is 0 Å². The second-order valence-electron chi connectivity index (χ2n) is 1.77. The normalized spacial score (nSPS) is 28.0. The summed E-state index contributed by atoms with van der Waals surface area (Å²) in [6.45, 7) is 0. The summed E-state index contributed by atoms with van der Waals surface area (Å²) in [6, 6.07) is 0. The van der Waals surface area contributed by atoms with Crippen molar-refractivity contribution >= 4 is 11.9 Å². The van der Waals surface area contributed by atoms with Crippen LogP contribution in [0.5, 0.6) is 0 Å². The van der Waals surface area contributed by atoms with E-state index in [0.717, 1.165) is 0 Å². The molecule has 0 aromatic rings. The first-order valence-electron chi connectivity index (χ1n) is 2.73. The van der Waals surface area contributed by atoms with Gasteiger partial charge in [0.1, 0.15) is 5.71 Å². The van der Waals surface area contributed by atoms with Crippen molar-refractivity contribution in [3.63, 3.8) is 0 Å². The van der Waals surface area contributed by atoms with Gasteiger partial charge in [-0.15, -0.1) is 5.11 Å². The zero-order valence-electron chi connectivity index (χ0n) is 4.94. The Bertz CT molecular complexity index is 215. The summed E-state index contributed by atoms with van der Waals surface area (Å²) in [5.41, 5.74) is 8.38. The molecule has 0 saturated heterocycles. The molecule has 2 aliphatic rings. The zero-order chi connectivity index (χ0) is 6.81. The molecule has 0 aliphatic carbocycles. The van der Waals surface area contributed by atoms with Gasteiger partial charge in [-0.3, -0.25) is 0 Å². The molecule has 1 unspecified atom stereocenters. The Balaban J connectivity index is 2.29. The summed E-state index contributed by atoms with van der Waals surface area (Å²) in [7, 11) is 0. The highest BCUT2D eigenvalue weighted by molar-refractivity contribution is 6.33. The Kier molecular flexibility index (Phi) is 1.07. The fourth-order valence-electron chi connectivity index (χ4n) is 0.685. The number of nitrogens with one attached hydrogen (secondary N) is 3. The molecule has 0 aromatic carbocycles. The Hall–Kier alpha value is -1.50. The summed E-state index contributed by atoms with van der Waals surface area (Å²) < 4.78 is 0. The molecule has 0 fully saturated rings. The maximum atomic E-state index is 3.83. The molecule has 1 atom stereocenters. The standard InChI is InChI=1S/C3H5N7/c1-2-3(6-9-5-2)7-10-8-4-1/h1,3,6,9H,(H,7,8). The zero-order valence-corrected chi connectivity index (χ0v) is 4.94. The van der Waals surface area contributed by atoms with Crippen molar-refractivity contribution < 1.29 is 0 Å². The number of hydrazone groups is 2. The second kappa shape index (κ2) is 2.03. The van der Waals surface area contributed by atoms with Crippen LogP contribution in [0.2, 0.25) is 0 Å². The number of rotatable bonds is 0. The van der Waals surface area contributed by atoms with Gasteiger partial charge in [0.05, 0.1) is 6.21 Å². The van der Waals surface area contributed by atoms with Gasteiger partial charge in [-0.2, -0.15) is 21.2 Å². The molecule has 7 nitrogen and oxygen atoms in total. The van der Waals surface area contributed by atoms with Crippen LogP contribution in [0.1, 0.15) is 0 Å².